The average Bonchev–Trinajstić information content (AvgIpc) is 2.68. The summed E-state index contributed by atoms with van der Waals surface area (Å²) in [6.45, 7) is 0.914. The second-order valence-electron chi connectivity index (χ2n) is 5.54. The predicted octanol–water partition coefficient (Wildman–Crippen LogP) is 3.48. The Balaban J connectivity index is 1.83. The first kappa shape index (κ1) is 18.6. The van der Waals surface area contributed by atoms with Gasteiger partial charge in [0, 0.05) is 11.8 Å². The molecule has 7 nitrogen and oxygen atoms in total. The van der Waals surface area contributed by atoms with Gasteiger partial charge in [0.2, 0.25) is 0 Å². The van der Waals surface area contributed by atoms with Crippen molar-refractivity contribution >= 4 is 33.6 Å². The highest BCUT2D eigenvalue weighted by Gasteiger charge is 2.15. The molecule has 1 aliphatic heterocycles. The number of carbonyl (C=O) groups is 1. The number of methoxy groups -OCH3 is 1. The maximum Gasteiger partial charge on any atom is 0.266 e. The van der Waals surface area contributed by atoms with Crippen molar-refractivity contribution in [1.82, 2.24) is 0 Å². The van der Waals surface area contributed by atoms with Crippen LogP contribution in [0.1, 0.15) is 5.56 Å². The van der Waals surface area contributed by atoms with Crippen molar-refractivity contribution in [2.45, 2.75) is 0 Å². The first-order valence-corrected chi connectivity index (χ1v) is 8.70. The molecule has 0 saturated heterocycles. The van der Waals surface area contributed by atoms with Crippen LogP contribution in [0.15, 0.2) is 40.4 Å². The minimum atomic E-state index is -0.572. The normalized spacial score (nSPS) is 12.9. The second-order valence-corrected chi connectivity index (χ2v) is 6.39. The quantitative estimate of drug-likeness (QED) is 0.568. The van der Waals surface area contributed by atoms with Crippen LogP contribution in [0.5, 0.6) is 23.0 Å². The first-order chi connectivity index (χ1) is 13.0. The molecular weight excluding hydrogens is 416 g/mol. The molecule has 2 aromatic rings. The standard InChI is InChI=1S/C19H15BrN2O5/c1-25-17-8-11(7-14(20)18(17)23)6-12(10-21)19(24)22-13-2-3-15-16(9-13)27-5-4-26-15/h2-3,6-9,23H,4-5H2,1H3,(H,22,24). The van der Waals surface area contributed by atoms with Crippen LogP contribution in [-0.4, -0.2) is 31.3 Å². The van der Waals surface area contributed by atoms with Crippen molar-refractivity contribution in [2.75, 3.05) is 25.6 Å². The lowest BCUT2D eigenvalue weighted by Crippen LogP contribution is -2.17. The van der Waals surface area contributed by atoms with E-state index in [-0.39, 0.29) is 17.1 Å². The van der Waals surface area contributed by atoms with Crippen molar-refractivity contribution in [1.29, 1.82) is 5.26 Å². The molecule has 0 atom stereocenters. The molecule has 138 valence electrons. The van der Waals surface area contributed by atoms with E-state index in [1.807, 2.05) is 6.07 Å². The number of rotatable bonds is 4. The van der Waals surface area contributed by atoms with Gasteiger partial charge in [-0.15, -0.1) is 0 Å². The largest absolute Gasteiger partial charge is 0.503 e. The molecule has 27 heavy (non-hydrogen) atoms. The van der Waals surface area contributed by atoms with E-state index in [1.165, 1.54) is 19.3 Å². The molecule has 0 saturated carbocycles. The maximum atomic E-state index is 12.5. The lowest BCUT2D eigenvalue weighted by atomic mass is 10.1. The highest BCUT2D eigenvalue weighted by molar-refractivity contribution is 9.10. The Bertz CT molecular complexity index is 965. The fourth-order valence-corrected chi connectivity index (χ4v) is 2.93. The van der Waals surface area contributed by atoms with Crippen molar-refractivity contribution in [3.05, 3.63) is 45.9 Å². The summed E-state index contributed by atoms with van der Waals surface area (Å²) in [5.74, 6) is 0.733. The number of benzene rings is 2. The third-order valence-corrected chi connectivity index (χ3v) is 4.35. The Hall–Kier alpha value is -3.18. The number of nitriles is 1. The molecular formula is C19H15BrN2O5. The van der Waals surface area contributed by atoms with Crippen LogP contribution in [-0.2, 0) is 4.79 Å². The monoisotopic (exact) mass is 430 g/mol. The van der Waals surface area contributed by atoms with Gasteiger partial charge in [-0.3, -0.25) is 4.79 Å². The number of phenolic OH excluding ortho intramolecular Hbond substituents is 1. The summed E-state index contributed by atoms with van der Waals surface area (Å²) in [6, 6.07) is 9.98. The summed E-state index contributed by atoms with van der Waals surface area (Å²) in [6.07, 6.45) is 1.40. The fraction of sp³-hybridized carbons (Fsp3) is 0.158. The van der Waals surface area contributed by atoms with Gasteiger partial charge in [-0.1, -0.05) is 0 Å². The number of anilines is 1. The minimum absolute atomic E-state index is 0.0612. The van der Waals surface area contributed by atoms with E-state index in [9.17, 15) is 15.2 Å². The number of nitrogens with zero attached hydrogens (tertiary/aromatic N) is 1. The van der Waals surface area contributed by atoms with E-state index in [1.54, 1.807) is 24.3 Å². The van der Waals surface area contributed by atoms with Crippen LogP contribution in [0.25, 0.3) is 6.08 Å². The van der Waals surface area contributed by atoms with E-state index in [4.69, 9.17) is 14.2 Å². The number of halogens is 1. The number of carbonyl (C=O) groups excluding carboxylic acids is 1. The van der Waals surface area contributed by atoms with Crippen LogP contribution in [0.3, 0.4) is 0 Å². The molecule has 3 rings (SSSR count). The summed E-state index contributed by atoms with van der Waals surface area (Å²) in [4.78, 5) is 12.5. The number of ether oxygens (including phenoxy) is 3. The van der Waals surface area contributed by atoms with Crippen molar-refractivity contribution in [3.8, 4) is 29.1 Å². The van der Waals surface area contributed by atoms with Gasteiger partial charge in [-0.05, 0) is 51.8 Å². The number of aromatic hydroxyl groups is 1. The van der Waals surface area contributed by atoms with Crippen LogP contribution < -0.4 is 19.5 Å². The van der Waals surface area contributed by atoms with Crippen molar-refractivity contribution in [2.24, 2.45) is 0 Å². The third-order valence-electron chi connectivity index (χ3n) is 3.75. The average molecular weight is 431 g/mol. The molecule has 2 N–H and O–H groups in total. The van der Waals surface area contributed by atoms with Gasteiger partial charge in [-0.2, -0.15) is 5.26 Å². The number of phenols is 1. The molecule has 0 aromatic heterocycles. The molecule has 1 amide bonds. The molecule has 0 spiro atoms. The number of nitrogens with one attached hydrogen (secondary N) is 1. The predicted molar refractivity (Wildman–Crippen MR) is 102 cm³/mol. The molecule has 0 bridgehead atoms. The van der Waals surface area contributed by atoms with E-state index in [0.717, 1.165) is 0 Å². The summed E-state index contributed by atoms with van der Waals surface area (Å²) >= 11 is 3.21. The SMILES string of the molecule is COc1cc(C=C(C#N)C(=O)Nc2ccc3c(c2)OCCO3)cc(Br)c1O. The lowest BCUT2D eigenvalue weighted by Gasteiger charge is -2.18. The molecule has 1 aliphatic rings. The Kier molecular flexibility index (Phi) is 5.52. The van der Waals surface area contributed by atoms with Crippen LogP contribution in [0.4, 0.5) is 5.69 Å². The van der Waals surface area contributed by atoms with Gasteiger partial charge in [0.05, 0.1) is 11.6 Å². The first-order valence-electron chi connectivity index (χ1n) is 7.91. The zero-order chi connectivity index (χ0) is 19.4. The summed E-state index contributed by atoms with van der Waals surface area (Å²) in [5.41, 5.74) is 0.893. The van der Waals surface area contributed by atoms with Crippen LogP contribution in [0.2, 0.25) is 0 Å². The Morgan fingerprint density at radius 2 is 2.04 bits per heavy atom. The molecule has 0 unspecified atom stereocenters. The minimum Gasteiger partial charge on any atom is -0.503 e. The van der Waals surface area contributed by atoms with E-state index in [2.05, 4.69) is 21.2 Å². The topological polar surface area (TPSA) is 101 Å². The van der Waals surface area contributed by atoms with Gasteiger partial charge in [0.15, 0.2) is 23.0 Å². The van der Waals surface area contributed by atoms with Gasteiger partial charge < -0.3 is 24.6 Å². The molecule has 8 heteroatoms. The zero-order valence-corrected chi connectivity index (χ0v) is 15.9. The molecule has 0 fully saturated rings. The summed E-state index contributed by atoms with van der Waals surface area (Å²) in [7, 11) is 1.41. The Morgan fingerprint density at radius 1 is 1.30 bits per heavy atom. The van der Waals surface area contributed by atoms with Crippen molar-refractivity contribution in [3.63, 3.8) is 0 Å². The number of fused-ring (bicyclic) bond motifs is 1. The fourth-order valence-electron chi connectivity index (χ4n) is 2.47. The highest BCUT2D eigenvalue weighted by Crippen LogP contribution is 2.36. The maximum absolute atomic E-state index is 12.5. The van der Waals surface area contributed by atoms with E-state index >= 15 is 0 Å². The Labute approximate surface area is 163 Å². The second kappa shape index (κ2) is 8.01. The zero-order valence-electron chi connectivity index (χ0n) is 14.3. The molecule has 0 radical (unpaired) electrons. The smallest absolute Gasteiger partial charge is 0.266 e. The molecule has 0 aliphatic carbocycles. The highest BCUT2D eigenvalue weighted by atomic mass is 79.9. The number of hydrogen-bond acceptors (Lipinski definition) is 6. The van der Waals surface area contributed by atoms with Gasteiger partial charge in [-0.25, -0.2) is 0 Å². The van der Waals surface area contributed by atoms with Gasteiger partial charge >= 0.3 is 0 Å². The lowest BCUT2D eigenvalue weighted by molar-refractivity contribution is -0.112. The van der Waals surface area contributed by atoms with Crippen LogP contribution in [0, 0.1) is 11.3 Å². The number of amides is 1. The summed E-state index contributed by atoms with van der Waals surface area (Å²) < 4.78 is 16.4. The van der Waals surface area contributed by atoms with Gasteiger partial charge in [0.1, 0.15) is 24.9 Å². The molecule has 2 aromatic carbocycles. The number of hydrogen-bond donors (Lipinski definition) is 2. The van der Waals surface area contributed by atoms with E-state index in [0.29, 0.717) is 40.4 Å². The van der Waals surface area contributed by atoms with E-state index < -0.39 is 5.91 Å². The molecule has 1 heterocycles. The third kappa shape index (κ3) is 4.15. The van der Waals surface area contributed by atoms with Gasteiger partial charge in [0.25, 0.3) is 5.91 Å². The van der Waals surface area contributed by atoms with Crippen molar-refractivity contribution < 1.29 is 24.1 Å². The Morgan fingerprint density at radius 3 is 2.74 bits per heavy atom. The van der Waals surface area contributed by atoms with Crippen LogP contribution >= 0.6 is 15.9 Å². The summed E-state index contributed by atoms with van der Waals surface area (Å²) in [5, 5.41) is 21.9.